The van der Waals surface area contributed by atoms with E-state index in [0.717, 1.165) is 49.9 Å². The SMILES string of the molecule is CC(C)CC(NC(=O)N1CCCCCC1)C(=O)N1CCN(C(c2ccc(F)cc2)c2ccc(F)cc2)CC1. The lowest BCUT2D eigenvalue weighted by molar-refractivity contribution is -0.135. The van der Waals surface area contributed by atoms with Crippen molar-refractivity contribution in [2.75, 3.05) is 39.3 Å². The summed E-state index contributed by atoms with van der Waals surface area (Å²) in [5.41, 5.74) is 1.83. The van der Waals surface area contributed by atoms with E-state index in [-0.39, 0.29) is 35.5 Å². The van der Waals surface area contributed by atoms with E-state index in [9.17, 15) is 18.4 Å². The first-order chi connectivity index (χ1) is 18.3. The van der Waals surface area contributed by atoms with Crippen molar-refractivity contribution in [2.24, 2.45) is 5.92 Å². The first-order valence-electron chi connectivity index (χ1n) is 13.9. The summed E-state index contributed by atoms with van der Waals surface area (Å²) in [6, 6.07) is 11.9. The number of hydrogen-bond donors (Lipinski definition) is 1. The van der Waals surface area contributed by atoms with E-state index in [1.165, 1.54) is 24.3 Å². The third kappa shape index (κ3) is 7.31. The lowest BCUT2D eigenvalue weighted by Gasteiger charge is -2.41. The predicted octanol–water partition coefficient (Wildman–Crippen LogP) is 5.20. The van der Waals surface area contributed by atoms with Crippen LogP contribution in [-0.2, 0) is 4.79 Å². The fourth-order valence-corrected chi connectivity index (χ4v) is 5.53. The highest BCUT2D eigenvalue weighted by Crippen LogP contribution is 2.30. The van der Waals surface area contributed by atoms with E-state index in [4.69, 9.17) is 0 Å². The summed E-state index contributed by atoms with van der Waals surface area (Å²) in [6.07, 6.45) is 4.87. The Morgan fingerprint density at radius 2 is 1.24 bits per heavy atom. The second-order valence-electron chi connectivity index (χ2n) is 10.9. The Hall–Kier alpha value is -3.00. The molecule has 2 heterocycles. The smallest absolute Gasteiger partial charge is 0.318 e. The summed E-state index contributed by atoms with van der Waals surface area (Å²) < 4.78 is 27.3. The van der Waals surface area contributed by atoms with Gasteiger partial charge in [-0.1, -0.05) is 51.0 Å². The molecule has 2 fully saturated rings. The van der Waals surface area contributed by atoms with Crippen LogP contribution in [-0.4, -0.2) is 71.9 Å². The molecular weight excluding hydrogens is 486 g/mol. The highest BCUT2D eigenvalue weighted by Gasteiger charge is 2.33. The number of hydrogen-bond acceptors (Lipinski definition) is 3. The van der Waals surface area contributed by atoms with Crippen LogP contribution in [0.3, 0.4) is 0 Å². The molecular formula is C30H40F2N4O2. The van der Waals surface area contributed by atoms with Gasteiger partial charge in [-0.05, 0) is 60.6 Å². The number of likely N-dealkylation sites (tertiary alicyclic amines) is 1. The van der Waals surface area contributed by atoms with Gasteiger partial charge in [0.15, 0.2) is 0 Å². The molecule has 6 nitrogen and oxygen atoms in total. The standard InChI is InChI=1S/C30H40F2N4O2/c1-22(2)21-27(33-30(38)36-15-5-3-4-6-16-36)29(37)35-19-17-34(18-20-35)28(23-7-11-25(31)12-8-23)24-9-13-26(32)14-10-24/h7-14,22,27-28H,3-6,15-21H2,1-2H3,(H,33,38). The largest absolute Gasteiger partial charge is 0.338 e. The van der Waals surface area contributed by atoms with Gasteiger partial charge in [-0.25, -0.2) is 13.6 Å². The minimum atomic E-state index is -0.553. The van der Waals surface area contributed by atoms with Gasteiger partial charge in [0.05, 0.1) is 6.04 Å². The van der Waals surface area contributed by atoms with Crippen molar-refractivity contribution in [1.29, 1.82) is 0 Å². The van der Waals surface area contributed by atoms with E-state index in [2.05, 4.69) is 24.1 Å². The molecule has 2 aromatic carbocycles. The van der Waals surface area contributed by atoms with Crippen LogP contribution in [0.25, 0.3) is 0 Å². The maximum atomic E-state index is 13.6. The van der Waals surface area contributed by atoms with Gasteiger partial charge < -0.3 is 15.1 Å². The van der Waals surface area contributed by atoms with Crippen LogP contribution in [0.2, 0.25) is 0 Å². The molecule has 0 bridgehead atoms. The van der Waals surface area contributed by atoms with E-state index in [0.29, 0.717) is 32.6 Å². The zero-order valence-electron chi connectivity index (χ0n) is 22.5. The molecule has 2 saturated heterocycles. The minimum absolute atomic E-state index is 0.0402. The van der Waals surface area contributed by atoms with Crippen molar-refractivity contribution in [3.63, 3.8) is 0 Å². The van der Waals surface area contributed by atoms with Crippen LogP contribution < -0.4 is 5.32 Å². The summed E-state index contributed by atoms with van der Waals surface area (Å²) in [5.74, 6) is -0.390. The lowest BCUT2D eigenvalue weighted by Crippen LogP contribution is -2.57. The van der Waals surface area contributed by atoms with Crippen LogP contribution in [0.15, 0.2) is 48.5 Å². The molecule has 0 aromatic heterocycles. The van der Waals surface area contributed by atoms with Crippen LogP contribution in [0.5, 0.6) is 0 Å². The van der Waals surface area contributed by atoms with Gasteiger partial charge in [0.1, 0.15) is 17.7 Å². The van der Waals surface area contributed by atoms with Gasteiger partial charge in [-0.15, -0.1) is 0 Å². The van der Waals surface area contributed by atoms with Gasteiger partial charge in [0, 0.05) is 39.3 Å². The van der Waals surface area contributed by atoms with E-state index in [1.807, 2.05) is 9.80 Å². The van der Waals surface area contributed by atoms with Gasteiger partial charge in [-0.2, -0.15) is 0 Å². The van der Waals surface area contributed by atoms with Crippen molar-refractivity contribution in [2.45, 2.75) is 58.0 Å². The minimum Gasteiger partial charge on any atom is -0.338 e. The zero-order valence-corrected chi connectivity index (χ0v) is 22.5. The molecule has 38 heavy (non-hydrogen) atoms. The predicted molar refractivity (Wildman–Crippen MR) is 145 cm³/mol. The highest BCUT2D eigenvalue weighted by atomic mass is 19.1. The normalized spacial score (nSPS) is 17.9. The second kappa shape index (κ2) is 13.2. The van der Waals surface area contributed by atoms with Crippen LogP contribution in [0.4, 0.5) is 13.6 Å². The Balaban J connectivity index is 1.44. The Morgan fingerprint density at radius 1 is 0.737 bits per heavy atom. The molecule has 1 N–H and O–H groups in total. The van der Waals surface area contributed by atoms with Gasteiger partial charge >= 0.3 is 6.03 Å². The average molecular weight is 527 g/mol. The fourth-order valence-electron chi connectivity index (χ4n) is 5.53. The summed E-state index contributed by atoms with van der Waals surface area (Å²) in [6.45, 7) is 7.86. The maximum Gasteiger partial charge on any atom is 0.318 e. The number of nitrogens with zero attached hydrogens (tertiary/aromatic N) is 3. The molecule has 0 radical (unpaired) electrons. The molecule has 2 aliphatic rings. The van der Waals surface area contributed by atoms with Crippen molar-refractivity contribution in [1.82, 2.24) is 20.0 Å². The molecule has 0 aliphatic carbocycles. The van der Waals surface area contributed by atoms with Crippen molar-refractivity contribution in [3.05, 3.63) is 71.3 Å². The molecule has 2 aliphatic heterocycles. The molecule has 0 saturated carbocycles. The van der Waals surface area contributed by atoms with Crippen LogP contribution in [0, 0.1) is 17.6 Å². The van der Waals surface area contributed by atoms with Crippen LogP contribution >= 0.6 is 0 Å². The Kier molecular flexibility index (Phi) is 9.72. The number of carbonyl (C=O) groups is 2. The van der Waals surface area contributed by atoms with Crippen LogP contribution in [0.1, 0.15) is 63.1 Å². The van der Waals surface area contributed by atoms with E-state index >= 15 is 0 Å². The van der Waals surface area contributed by atoms with Gasteiger partial charge in [-0.3, -0.25) is 9.69 Å². The number of carbonyl (C=O) groups excluding carboxylic acids is 2. The highest BCUT2D eigenvalue weighted by molar-refractivity contribution is 5.87. The molecule has 0 spiro atoms. The lowest BCUT2D eigenvalue weighted by atomic mass is 9.96. The molecule has 8 heteroatoms. The number of benzene rings is 2. The molecule has 3 amide bonds. The summed E-state index contributed by atoms with van der Waals surface area (Å²) in [4.78, 5) is 32.6. The summed E-state index contributed by atoms with van der Waals surface area (Å²) in [7, 11) is 0. The number of amides is 3. The third-order valence-corrected chi connectivity index (χ3v) is 7.56. The third-order valence-electron chi connectivity index (χ3n) is 7.56. The first-order valence-corrected chi connectivity index (χ1v) is 13.9. The van der Waals surface area contributed by atoms with Gasteiger partial charge in [0.25, 0.3) is 0 Å². The number of piperazine rings is 1. The Bertz CT molecular complexity index is 999. The first kappa shape index (κ1) is 28.0. The maximum absolute atomic E-state index is 13.6. The molecule has 1 atom stereocenters. The second-order valence-corrected chi connectivity index (χ2v) is 10.9. The molecule has 206 valence electrons. The van der Waals surface area contributed by atoms with Crippen molar-refractivity contribution >= 4 is 11.9 Å². The Morgan fingerprint density at radius 3 is 1.71 bits per heavy atom. The van der Waals surface area contributed by atoms with Crippen molar-refractivity contribution < 1.29 is 18.4 Å². The monoisotopic (exact) mass is 526 g/mol. The summed E-state index contributed by atoms with van der Waals surface area (Å²) in [5, 5.41) is 3.05. The van der Waals surface area contributed by atoms with Crippen molar-refractivity contribution in [3.8, 4) is 0 Å². The average Bonchev–Trinajstić information content (AvgIpc) is 3.20. The topological polar surface area (TPSA) is 55.9 Å². The zero-order chi connectivity index (χ0) is 27.1. The quantitative estimate of drug-likeness (QED) is 0.540. The fraction of sp³-hybridized carbons (Fsp3) is 0.533. The summed E-state index contributed by atoms with van der Waals surface area (Å²) >= 11 is 0. The Labute approximate surface area is 225 Å². The molecule has 4 rings (SSSR count). The molecule has 2 aromatic rings. The van der Waals surface area contributed by atoms with E-state index in [1.54, 1.807) is 24.3 Å². The number of nitrogens with one attached hydrogen (secondary N) is 1. The number of urea groups is 1. The molecule has 1 unspecified atom stereocenters. The number of rotatable bonds is 7. The van der Waals surface area contributed by atoms with E-state index < -0.39 is 6.04 Å². The number of halogens is 2. The van der Waals surface area contributed by atoms with Gasteiger partial charge in [0.2, 0.25) is 5.91 Å².